The number of benzene rings is 2. The van der Waals surface area contributed by atoms with Crippen LogP contribution < -0.4 is 5.56 Å². The number of hydrogen-bond donors (Lipinski definition) is 1. The Hall–Kier alpha value is -2.55. The van der Waals surface area contributed by atoms with E-state index in [2.05, 4.69) is 13.0 Å². The number of nitrogens with zero attached hydrogens (tertiary/aromatic N) is 1. The van der Waals surface area contributed by atoms with Gasteiger partial charge < -0.3 is 9.67 Å². The third-order valence-electron chi connectivity index (χ3n) is 4.42. The molecule has 3 aromatic rings. The second-order valence-electron chi connectivity index (χ2n) is 6.24. The maximum Gasteiger partial charge on any atom is 0.258 e. The summed E-state index contributed by atoms with van der Waals surface area (Å²) in [6.07, 6.45) is 4.33. The molecule has 0 atom stereocenters. The van der Waals surface area contributed by atoms with Crippen molar-refractivity contribution in [3.8, 4) is 5.75 Å². The Bertz CT molecular complexity index is 878. The fourth-order valence-corrected chi connectivity index (χ4v) is 3.07. The Kier molecular flexibility index (Phi) is 4.99. The van der Waals surface area contributed by atoms with Crippen LogP contribution in [0.5, 0.6) is 5.75 Å². The molecule has 3 heteroatoms. The number of phenolic OH excluding ortho intramolecular Hbond substituents is 1. The SMILES string of the molecule is CCCCCc1cc2ccccc2c(=O)n1Cc1ccc(O)cc1. The summed E-state index contributed by atoms with van der Waals surface area (Å²) in [6, 6.07) is 17.0. The first-order valence-corrected chi connectivity index (χ1v) is 8.58. The van der Waals surface area contributed by atoms with Crippen LogP contribution in [-0.4, -0.2) is 9.67 Å². The van der Waals surface area contributed by atoms with Gasteiger partial charge in [0.25, 0.3) is 5.56 Å². The lowest BCUT2D eigenvalue weighted by molar-refractivity contribution is 0.475. The molecule has 124 valence electrons. The molecule has 0 spiro atoms. The molecule has 0 bridgehead atoms. The van der Waals surface area contributed by atoms with Crippen LogP contribution in [0.15, 0.2) is 59.4 Å². The maximum atomic E-state index is 13.0. The summed E-state index contributed by atoms with van der Waals surface area (Å²) < 4.78 is 1.88. The summed E-state index contributed by atoms with van der Waals surface area (Å²) >= 11 is 0. The highest BCUT2D eigenvalue weighted by atomic mass is 16.3. The smallest absolute Gasteiger partial charge is 0.258 e. The fourth-order valence-electron chi connectivity index (χ4n) is 3.07. The highest BCUT2D eigenvalue weighted by molar-refractivity contribution is 5.81. The van der Waals surface area contributed by atoms with E-state index in [1.54, 1.807) is 12.1 Å². The maximum absolute atomic E-state index is 13.0. The summed E-state index contributed by atoms with van der Waals surface area (Å²) in [7, 11) is 0. The molecule has 0 saturated carbocycles. The van der Waals surface area contributed by atoms with Crippen LogP contribution in [-0.2, 0) is 13.0 Å². The molecule has 3 nitrogen and oxygen atoms in total. The molecule has 0 fully saturated rings. The van der Waals surface area contributed by atoms with Gasteiger partial charge in [-0.3, -0.25) is 4.79 Å². The molecule has 0 amide bonds. The number of unbranched alkanes of at least 4 members (excludes halogenated alkanes) is 2. The molecule has 1 N–H and O–H groups in total. The van der Waals surface area contributed by atoms with E-state index in [4.69, 9.17) is 0 Å². The Labute approximate surface area is 142 Å². The zero-order valence-corrected chi connectivity index (χ0v) is 14.0. The van der Waals surface area contributed by atoms with Crippen LogP contribution in [0.3, 0.4) is 0 Å². The third kappa shape index (κ3) is 3.51. The van der Waals surface area contributed by atoms with Gasteiger partial charge in [-0.1, -0.05) is 50.1 Å². The standard InChI is InChI=1S/C21H23NO2/c1-2-3-4-8-18-14-17-7-5-6-9-20(17)21(24)22(18)15-16-10-12-19(23)13-11-16/h5-7,9-14,23H,2-4,8,15H2,1H3. The molecule has 0 saturated heterocycles. The Balaban J connectivity index is 2.04. The molecule has 3 rings (SSSR count). The van der Waals surface area contributed by atoms with Crippen molar-refractivity contribution in [3.05, 3.63) is 76.2 Å². The lowest BCUT2D eigenvalue weighted by atomic mass is 10.1. The van der Waals surface area contributed by atoms with Gasteiger partial charge >= 0.3 is 0 Å². The summed E-state index contributed by atoms with van der Waals surface area (Å²) in [5.41, 5.74) is 2.16. The van der Waals surface area contributed by atoms with E-state index < -0.39 is 0 Å². The van der Waals surface area contributed by atoms with Gasteiger partial charge in [-0.25, -0.2) is 0 Å². The van der Waals surface area contributed by atoms with Crippen LogP contribution >= 0.6 is 0 Å². The second kappa shape index (κ2) is 7.35. The van der Waals surface area contributed by atoms with Crippen molar-refractivity contribution in [1.29, 1.82) is 0 Å². The van der Waals surface area contributed by atoms with Crippen molar-refractivity contribution in [2.45, 2.75) is 39.2 Å². The van der Waals surface area contributed by atoms with Crippen molar-refractivity contribution in [1.82, 2.24) is 4.57 Å². The molecular weight excluding hydrogens is 298 g/mol. The minimum Gasteiger partial charge on any atom is -0.508 e. The zero-order valence-electron chi connectivity index (χ0n) is 14.0. The van der Waals surface area contributed by atoms with E-state index in [1.807, 2.05) is 41.0 Å². The molecule has 0 aliphatic rings. The van der Waals surface area contributed by atoms with Gasteiger partial charge in [-0.2, -0.15) is 0 Å². The summed E-state index contributed by atoms with van der Waals surface area (Å²) in [5.74, 6) is 0.243. The van der Waals surface area contributed by atoms with Gasteiger partial charge in [0.2, 0.25) is 0 Å². The lowest BCUT2D eigenvalue weighted by Gasteiger charge is -2.15. The molecule has 0 unspecified atom stereocenters. The molecule has 2 aromatic carbocycles. The van der Waals surface area contributed by atoms with Crippen molar-refractivity contribution in [2.24, 2.45) is 0 Å². The quantitative estimate of drug-likeness (QED) is 0.680. The average molecular weight is 321 g/mol. The van der Waals surface area contributed by atoms with Crippen LogP contribution in [0.1, 0.15) is 37.4 Å². The first kappa shape index (κ1) is 16.3. The number of fused-ring (bicyclic) bond motifs is 1. The van der Waals surface area contributed by atoms with E-state index >= 15 is 0 Å². The van der Waals surface area contributed by atoms with Gasteiger partial charge in [0, 0.05) is 11.1 Å². The fraction of sp³-hybridized carbons (Fsp3) is 0.286. The van der Waals surface area contributed by atoms with E-state index in [1.165, 1.54) is 6.42 Å². The topological polar surface area (TPSA) is 42.2 Å². The average Bonchev–Trinajstić information content (AvgIpc) is 2.60. The molecule has 1 heterocycles. The number of phenols is 1. The van der Waals surface area contributed by atoms with Crippen molar-refractivity contribution >= 4 is 10.8 Å². The van der Waals surface area contributed by atoms with Gasteiger partial charge in [0.1, 0.15) is 5.75 Å². The number of rotatable bonds is 6. The van der Waals surface area contributed by atoms with Crippen LogP contribution in [0.25, 0.3) is 10.8 Å². The molecule has 1 aromatic heterocycles. The highest BCUT2D eigenvalue weighted by Gasteiger charge is 2.09. The van der Waals surface area contributed by atoms with Gasteiger partial charge in [-0.15, -0.1) is 0 Å². The van der Waals surface area contributed by atoms with Crippen molar-refractivity contribution < 1.29 is 5.11 Å². The predicted molar refractivity (Wildman–Crippen MR) is 98.6 cm³/mol. The van der Waals surface area contributed by atoms with Crippen LogP contribution in [0.2, 0.25) is 0 Å². The van der Waals surface area contributed by atoms with Crippen LogP contribution in [0.4, 0.5) is 0 Å². The molecule has 0 radical (unpaired) electrons. The van der Waals surface area contributed by atoms with Gasteiger partial charge in [-0.05, 0) is 48.1 Å². The third-order valence-corrected chi connectivity index (χ3v) is 4.42. The number of hydrogen-bond acceptors (Lipinski definition) is 2. The van der Waals surface area contributed by atoms with Crippen LogP contribution in [0, 0.1) is 0 Å². The van der Waals surface area contributed by atoms with E-state index in [-0.39, 0.29) is 11.3 Å². The minimum absolute atomic E-state index is 0.0627. The Morgan fingerprint density at radius 1 is 1.00 bits per heavy atom. The Morgan fingerprint density at radius 2 is 1.75 bits per heavy atom. The largest absolute Gasteiger partial charge is 0.508 e. The first-order valence-electron chi connectivity index (χ1n) is 8.58. The summed E-state index contributed by atoms with van der Waals surface area (Å²) in [4.78, 5) is 13.0. The highest BCUT2D eigenvalue weighted by Crippen LogP contribution is 2.17. The molecule has 0 aliphatic heterocycles. The normalized spacial score (nSPS) is 11.0. The van der Waals surface area contributed by atoms with Crippen molar-refractivity contribution in [2.75, 3.05) is 0 Å². The number of aromatic hydroxyl groups is 1. The Morgan fingerprint density at radius 3 is 2.50 bits per heavy atom. The number of pyridine rings is 1. The van der Waals surface area contributed by atoms with Crippen molar-refractivity contribution in [3.63, 3.8) is 0 Å². The molecule has 0 aliphatic carbocycles. The number of aryl methyl sites for hydroxylation is 1. The van der Waals surface area contributed by atoms with E-state index in [0.717, 1.165) is 41.3 Å². The van der Waals surface area contributed by atoms with Gasteiger partial charge in [0.05, 0.1) is 6.54 Å². The zero-order chi connectivity index (χ0) is 16.9. The lowest BCUT2D eigenvalue weighted by Crippen LogP contribution is -2.24. The monoisotopic (exact) mass is 321 g/mol. The van der Waals surface area contributed by atoms with E-state index in [9.17, 15) is 9.90 Å². The van der Waals surface area contributed by atoms with E-state index in [0.29, 0.717) is 6.54 Å². The molecular formula is C21H23NO2. The number of aromatic nitrogens is 1. The predicted octanol–water partition coefficient (Wildman–Crippen LogP) is 4.49. The summed E-state index contributed by atoms with van der Waals surface area (Å²) in [5, 5.41) is 11.2. The second-order valence-corrected chi connectivity index (χ2v) is 6.24. The summed E-state index contributed by atoms with van der Waals surface area (Å²) in [6.45, 7) is 2.72. The first-order chi connectivity index (χ1) is 11.7. The van der Waals surface area contributed by atoms with Gasteiger partial charge in [0.15, 0.2) is 0 Å². The minimum atomic E-state index is 0.0627. The molecule has 24 heavy (non-hydrogen) atoms.